The lowest BCUT2D eigenvalue weighted by Gasteiger charge is -2.06. The highest BCUT2D eigenvalue weighted by Gasteiger charge is 2.31. The van der Waals surface area contributed by atoms with E-state index in [9.17, 15) is 18.0 Å². The topological polar surface area (TPSA) is 42.0 Å². The molecule has 0 atom stereocenters. The first kappa shape index (κ1) is 12.2. The summed E-state index contributed by atoms with van der Waals surface area (Å²) in [5.74, 6) is -0.992. The summed E-state index contributed by atoms with van der Waals surface area (Å²) in [5, 5.41) is 2.06. The molecule has 1 aromatic rings. The number of rotatable bonds is 2. The summed E-state index contributed by atoms with van der Waals surface area (Å²) in [6.45, 7) is 0. The molecule has 0 saturated carbocycles. The maximum atomic E-state index is 11.8. The smallest absolute Gasteiger partial charge is 0.310 e. The highest BCUT2D eigenvalue weighted by molar-refractivity contribution is 14.1. The zero-order chi connectivity index (χ0) is 11.5. The molecule has 0 bridgehead atoms. The Balaban J connectivity index is 2.59. The summed E-state index contributed by atoms with van der Waals surface area (Å²) in [4.78, 5) is 14.6. The van der Waals surface area contributed by atoms with Crippen LogP contribution in [0.15, 0.2) is 18.3 Å². The minimum absolute atomic E-state index is 0.121. The standard InChI is InChI=1S/C8H6F3IN2O/c9-8(10,11)4-7(15)14-6-3-5(12)1-2-13-6/h1-3H,4H2,(H,13,14,15). The van der Waals surface area contributed by atoms with Gasteiger partial charge in [0.2, 0.25) is 5.91 Å². The van der Waals surface area contributed by atoms with Gasteiger partial charge in [0.15, 0.2) is 0 Å². The van der Waals surface area contributed by atoms with Crippen molar-refractivity contribution >= 4 is 34.3 Å². The van der Waals surface area contributed by atoms with Crippen molar-refractivity contribution in [2.45, 2.75) is 12.6 Å². The fourth-order valence-electron chi connectivity index (χ4n) is 0.842. The fourth-order valence-corrected chi connectivity index (χ4v) is 1.30. The normalized spacial score (nSPS) is 11.2. The van der Waals surface area contributed by atoms with Gasteiger partial charge in [0.25, 0.3) is 0 Å². The lowest BCUT2D eigenvalue weighted by molar-refractivity contribution is -0.150. The van der Waals surface area contributed by atoms with Gasteiger partial charge in [-0.1, -0.05) is 0 Å². The van der Waals surface area contributed by atoms with Crippen LogP contribution in [0.2, 0.25) is 0 Å². The van der Waals surface area contributed by atoms with E-state index in [1.807, 2.05) is 22.6 Å². The van der Waals surface area contributed by atoms with Crippen molar-refractivity contribution in [1.29, 1.82) is 0 Å². The Labute approximate surface area is 97.2 Å². The molecule has 1 amide bonds. The number of aromatic nitrogens is 1. The Morgan fingerprint density at radius 2 is 2.20 bits per heavy atom. The van der Waals surface area contributed by atoms with Crippen LogP contribution >= 0.6 is 22.6 Å². The molecule has 1 heterocycles. The van der Waals surface area contributed by atoms with Gasteiger partial charge in [0.05, 0.1) is 0 Å². The minimum atomic E-state index is -4.49. The molecule has 0 aromatic carbocycles. The number of halogens is 4. The quantitative estimate of drug-likeness (QED) is 0.847. The monoisotopic (exact) mass is 330 g/mol. The molecule has 82 valence electrons. The van der Waals surface area contributed by atoms with Crippen molar-refractivity contribution in [3.05, 3.63) is 21.9 Å². The third-order valence-corrected chi connectivity index (χ3v) is 2.02. The largest absolute Gasteiger partial charge is 0.397 e. The van der Waals surface area contributed by atoms with Gasteiger partial charge in [0.1, 0.15) is 12.2 Å². The molecule has 0 radical (unpaired) electrons. The van der Waals surface area contributed by atoms with E-state index in [0.717, 1.165) is 3.57 Å². The Hall–Kier alpha value is -0.860. The van der Waals surface area contributed by atoms with Crippen molar-refractivity contribution < 1.29 is 18.0 Å². The van der Waals surface area contributed by atoms with Gasteiger partial charge in [-0.2, -0.15) is 13.2 Å². The maximum absolute atomic E-state index is 11.8. The minimum Gasteiger partial charge on any atom is -0.310 e. The van der Waals surface area contributed by atoms with E-state index >= 15 is 0 Å². The summed E-state index contributed by atoms with van der Waals surface area (Å²) in [7, 11) is 0. The van der Waals surface area contributed by atoms with Crippen molar-refractivity contribution in [1.82, 2.24) is 4.98 Å². The van der Waals surface area contributed by atoms with Gasteiger partial charge >= 0.3 is 6.18 Å². The van der Waals surface area contributed by atoms with Gasteiger partial charge < -0.3 is 5.32 Å². The molecule has 7 heteroatoms. The van der Waals surface area contributed by atoms with E-state index in [0.29, 0.717) is 0 Å². The van der Waals surface area contributed by atoms with Crippen molar-refractivity contribution in [3.63, 3.8) is 0 Å². The van der Waals surface area contributed by atoms with E-state index < -0.39 is 18.5 Å². The first-order chi connectivity index (χ1) is 6.87. The molecule has 0 unspecified atom stereocenters. The van der Waals surface area contributed by atoms with Crippen LogP contribution in [0.25, 0.3) is 0 Å². The van der Waals surface area contributed by atoms with Gasteiger partial charge in [-0.15, -0.1) is 0 Å². The van der Waals surface area contributed by atoms with Crippen molar-refractivity contribution in [3.8, 4) is 0 Å². The molecule has 15 heavy (non-hydrogen) atoms. The van der Waals surface area contributed by atoms with Crippen LogP contribution in [0.1, 0.15) is 6.42 Å². The predicted molar refractivity (Wildman–Crippen MR) is 56.3 cm³/mol. The van der Waals surface area contributed by atoms with Crippen LogP contribution in [0.5, 0.6) is 0 Å². The van der Waals surface area contributed by atoms with Crippen LogP contribution in [-0.4, -0.2) is 17.1 Å². The number of anilines is 1. The number of alkyl halides is 3. The van der Waals surface area contributed by atoms with Crippen LogP contribution < -0.4 is 5.32 Å². The predicted octanol–water partition coefficient (Wildman–Crippen LogP) is 2.58. The molecule has 0 fully saturated rings. The third-order valence-electron chi connectivity index (χ3n) is 1.35. The molecule has 0 saturated heterocycles. The second-order valence-electron chi connectivity index (χ2n) is 2.70. The Morgan fingerprint density at radius 3 is 2.73 bits per heavy atom. The number of nitrogens with zero attached hydrogens (tertiary/aromatic N) is 1. The Bertz CT molecular complexity index is 367. The molecule has 1 rings (SSSR count). The van der Waals surface area contributed by atoms with Crippen molar-refractivity contribution in [2.75, 3.05) is 5.32 Å². The van der Waals surface area contributed by atoms with E-state index in [2.05, 4.69) is 10.3 Å². The molecular weight excluding hydrogens is 324 g/mol. The van der Waals surface area contributed by atoms with Gasteiger partial charge in [-0.3, -0.25) is 4.79 Å². The number of hydrogen-bond acceptors (Lipinski definition) is 2. The average molecular weight is 330 g/mol. The first-order valence-corrected chi connectivity index (χ1v) is 4.93. The summed E-state index contributed by atoms with van der Waals surface area (Å²) >= 11 is 1.97. The summed E-state index contributed by atoms with van der Waals surface area (Å²) in [6, 6.07) is 3.15. The molecule has 0 spiro atoms. The van der Waals surface area contributed by atoms with Gasteiger partial charge in [-0.25, -0.2) is 4.98 Å². The maximum Gasteiger partial charge on any atom is 0.397 e. The average Bonchev–Trinajstić information content (AvgIpc) is 1.99. The number of hydrogen-bond donors (Lipinski definition) is 1. The molecular formula is C8H6F3IN2O. The molecule has 1 aromatic heterocycles. The van der Waals surface area contributed by atoms with E-state index in [4.69, 9.17) is 0 Å². The van der Waals surface area contributed by atoms with Crippen LogP contribution in [0.4, 0.5) is 19.0 Å². The Kier molecular flexibility index (Phi) is 3.89. The van der Waals surface area contributed by atoms with Gasteiger partial charge in [0, 0.05) is 9.77 Å². The lowest BCUT2D eigenvalue weighted by atomic mass is 10.4. The fraction of sp³-hybridized carbons (Fsp3) is 0.250. The van der Waals surface area contributed by atoms with Crippen LogP contribution in [0, 0.1) is 3.57 Å². The summed E-state index contributed by atoms with van der Waals surface area (Å²) in [6.07, 6.45) is -4.59. The summed E-state index contributed by atoms with van der Waals surface area (Å²) in [5.41, 5.74) is 0. The number of pyridine rings is 1. The molecule has 0 aliphatic carbocycles. The van der Waals surface area contributed by atoms with E-state index in [1.165, 1.54) is 12.3 Å². The summed E-state index contributed by atoms with van der Waals surface area (Å²) < 4.78 is 36.2. The van der Waals surface area contributed by atoms with Gasteiger partial charge in [-0.05, 0) is 34.7 Å². The SMILES string of the molecule is O=C(CC(F)(F)F)Nc1cc(I)ccn1. The number of carbonyl (C=O) groups excluding carboxylic acids is 1. The lowest BCUT2D eigenvalue weighted by Crippen LogP contribution is -2.21. The van der Waals surface area contributed by atoms with Crippen LogP contribution in [-0.2, 0) is 4.79 Å². The van der Waals surface area contributed by atoms with Crippen molar-refractivity contribution in [2.24, 2.45) is 0 Å². The second kappa shape index (κ2) is 4.77. The number of amides is 1. The zero-order valence-corrected chi connectivity index (χ0v) is 9.46. The Morgan fingerprint density at radius 1 is 1.53 bits per heavy atom. The van der Waals surface area contributed by atoms with E-state index in [1.54, 1.807) is 6.07 Å². The molecule has 3 nitrogen and oxygen atoms in total. The second-order valence-corrected chi connectivity index (χ2v) is 3.95. The number of carbonyl (C=O) groups is 1. The highest BCUT2D eigenvalue weighted by Crippen LogP contribution is 2.20. The number of nitrogens with one attached hydrogen (secondary N) is 1. The molecule has 1 N–H and O–H groups in total. The third kappa shape index (κ3) is 4.96. The molecule has 0 aliphatic rings. The van der Waals surface area contributed by atoms with Crippen LogP contribution in [0.3, 0.4) is 0 Å². The van der Waals surface area contributed by atoms with E-state index in [-0.39, 0.29) is 5.82 Å². The highest BCUT2D eigenvalue weighted by atomic mass is 127. The zero-order valence-electron chi connectivity index (χ0n) is 7.31. The molecule has 0 aliphatic heterocycles. The first-order valence-electron chi connectivity index (χ1n) is 3.85.